The lowest BCUT2D eigenvalue weighted by atomic mass is 10.3. The van der Waals surface area contributed by atoms with Crippen molar-refractivity contribution in [1.29, 1.82) is 0 Å². The van der Waals surface area contributed by atoms with Gasteiger partial charge in [0.1, 0.15) is 5.75 Å². The average Bonchev–Trinajstić information content (AvgIpc) is 2.05. The maximum atomic E-state index is 11.0. The van der Waals surface area contributed by atoms with Gasteiger partial charge in [-0.25, -0.2) is 0 Å². The van der Waals surface area contributed by atoms with E-state index >= 15 is 0 Å². The van der Waals surface area contributed by atoms with Gasteiger partial charge < -0.3 is 9.63 Å². The van der Waals surface area contributed by atoms with Crippen LogP contribution in [0, 0.1) is 0 Å². The summed E-state index contributed by atoms with van der Waals surface area (Å²) in [5.74, 6) is 0.166. The lowest BCUT2D eigenvalue weighted by Gasteiger charge is -1.98. The number of rotatable bonds is 2. The Hall–Kier alpha value is -0.790. The third kappa shape index (κ3) is 2.07. The van der Waals surface area contributed by atoms with Crippen LogP contribution < -0.4 is 5.30 Å². The smallest absolute Gasteiger partial charge is 0.220 e. The minimum Gasteiger partial charge on any atom is -0.508 e. The average molecular weight is 172 g/mol. The summed E-state index contributed by atoms with van der Waals surface area (Å²) in [6.45, 7) is 0. The number of aromatic hydroxyl groups is 1. The fourth-order valence-electron chi connectivity index (χ4n) is 0.715. The largest absolute Gasteiger partial charge is 0.508 e. The number of hydrogen-bond donors (Lipinski definition) is 1. The number of benzene rings is 1. The van der Waals surface area contributed by atoms with Crippen LogP contribution in [0.4, 0.5) is 0 Å². The van der Waals surface area contributed by atoms with Gasteiger partial charge >= 0.3 is 0 Å². The molecule has 0 amide bonds. The van der Waals surface area contributed by atoms with Crippen LogP contribution in [0.15, 0.2) is 24.3 Å². The molecular weight excluding hydrogens is 163 g/mol. The van der Waals surface area contributed by atoms with Crippen molar-refractivity contribution in [2.45, 2.75) is 0 Å². The van der Waals surface area contributed by atoms with Crippen LogP contribution in [0.3, 0.4) is 0 Å². The molecule has 4 heteroatoms. The van der Waals surface area contributed by atoms with Crippen molar-refractivity contribution in [3.8, 4) is 5.75 Å². The fourth-order valence-corrected chi connectivity index (χ4v) is 1.39. The van der Waals surface area contributed by atoms with Gasteiger partial charge in [0, 0.05) is 12.4 Å². The van der Waals surface area contributed by atoms with E-state index in [4.69, 9.17) is 5.11 Å². The first-order chi connectivity index (χ1) is 5.24. The zero-order valence-corrected chi connectivity index (χ0v) is 7.07. The summed E-state index contributed by atoms with van der Waals surface area (Å²) in [5.41, 5.74) is 0. The standard InChI is InChI=1S/C7H9O3P/c1-10-11(9)7-4-2-6(8)3-5-7/h2-5,8,11H,1H3. The first kappa shape index (κ1) is 8.31. The molecule has 1 rings (SSSR count). The zero-order valence-electron chi connectivity index (χ0n) is 6.07. The maximum Gasteiger partial charge on any atom is 0.220 e. The Morgan fingerprint density at radius 2 is 1.91 bits per heavy atom. The quantitative estimate of drug-likeness (QED) is 0.680. The lowest BCUT2D eigenvalue weighted by molar-refractivity contribution is 0.423. The Morgan fingerprint density at radius 3 is 2.36 bits per heavy atom. The van der Waals surface area contributed by atoms with Gasteiger partial charge in [-0.2, -0.15) is 0 Å². The van der Waals surface area contributed by atoms with E-state index < -0.39 is 8.03 Å². The molecule has 60 valence electrons. The van der Waals surface area contributed by atoms with Gasteiger partial charge in [-0.05, 0) is 24.3 Å². The van der Waals surface area contributed by atoms with Crippen molar-refractivity contribution in [1.82, 2.24) is 0 Å². The normalized spacial score (nSPS) is 12.8. The van der Waals surface area contributed by atoms with Gasteiger partial charge in [0.25, 0.3) is 0 Å². The molecule has 0 aliphatic rings. The van der Waals surface area contributed by atoms with Crippen LogP contribution in [0.2, 0.25) is 0 Å². The zero-order chi connectivity index (χ0) is 8.27. The molecule has 11 heavy (non-hydrogen) atoms. The second-order valence-electron chi connectivity index (χ2n) is 2.04. The SMILES string of the molecule is CO[PH](=O)c1ccc(O)cc1. The number of hydrogen-bond acceptors (Lipinski definition) is 3. The predicted molar refractivity (Wildman–Crippen MR) is 43.8 cm³/mol. The molecule has 0 radical (unpaired) electrons. The van der Waals surface area contributed by atoms with Crippen LogP contribution in [0.25, 0.3) is 0 Å². The topological polar surface area (TPSA) is 46.5 Å². The van der Waals surface area contributed by atoms with Crippen LogP contribution in [0.5, 0.6) is 5.75 Å². The number of phenols is 1. The second kappa shape index (κ2) is 3.56. The highest BCUT2D eigenvalue weighted by Gasteiger charge is 1.99. The maximum absolute atomic E-state index is 11.0. The van der Waals surface area contributed by atoms with Crippen LogP contribution >= 0.6 is 8.03 Å². The first-order valence-electron chi connectivity index (χ1n) is 3.11. The Balaban J connectivity index is 2.90. The monoisotopic (exact) mass is 172 g/mol. The molecule has 0 aliphatic heterocycles. The third-order valence-corrected chi connectivity index (χ3v) is 2.46. The molecular formula is C7H9O3P. The molecule has 1 aromatic carbocycles. The van der Waals surface area contributed by atoms with Gasteiger partial charge in [0.2, 0.25) is 8.03 Å². The van der Waals surface area contributed by atoms with E-state index in [0.717, 1.165) is 0 Å². The summed E-state index contributed by atoms with van der Waals surface area (Å²) < 4.78 is 15.6. The highest BCUT2D eigenvalue weighted by molar-refractivity contribution is 7.48. The molecule has 0 aliphatic carbocycles. The van der Waals surface area contributed by atoms with Gasteiger partial charge in [-0.15, -0.1) is 0 Å². The van der Waals surface area contributed by atoms with Crippen molar-refractivity contribution in [2.75, 3.05) is 7.11 Å². The molecule has 1 N–H and O–H groups in total. The van der Waals surface area contributed by atoms with E-state index in [2.05, 4.69) is 4.52 Å². The van der Waals surface area contributed by atoms with Crippen molar-refractivity contribution >= 4 is 13.3 Å². The molecule has 3 nitrogen and oxygen atoms in total. The minimum absolute atomic E-state index is 0.166. The molecule has 0 fully saturated rings. The second-order valence-corrected chi connectivity index (χ2v) is 3.60. The summed E-state index contributed by atoms with van der Waals surface area (Å²) in [5, 5.41) is 9.50. The Kier molecular flexibility index (Phi) is 2.69. The van der Waals surface area contributed by atoms with Crippen molar-refractivity contribution < 1.29 is 14.2 Å². The highest BCUT2D eigenvalue weighted by Crippen LogP contribution is 2.20. The molecule has 1 unspecified atom stereocenters. The summed E-state index contributed by atoms with van der Waals surface area (Å²) in [4.78, 5) is 0. The van der Waals surface area contributed by atoms with Crippen molar-refractivity contribution in [2.24, 2.45) is 0 Å². The predicted octanol–water partition coefficient (Wildman–Crippen LogP) is 1.14. The summed E-state index contributed by atoms with van der Waals surface area (Å²) in [6.07, 6.45) is 0. The van der Waals surface area contributed by atoms with Crippen molar-refractivity contribution in [3.63, 3.8) is 0 Å². The Labute approximate surface area is 65.5 Å². The van der Waals surface area contributed by atoms with E-state index in [-0.39, 0.29) is 5.75 Å². The molecule has 0 saturated carbocycles. The molecule has 1 atom stereocenters. The highest BCUT2D eigenvalue weighted by atomic mass is 31.1. The first-order valence-corrected chi connectivity index (χ1v) is 4.43. The van der Waals surface area contributed by atoms with Gasteiger partial charge in [0.05, 0.1) is 0 Å². The van der Waals surface area contributed by atoms with Gasteiger partial charge in [0.15, 0.2) is 0 Å². The molecule has 0 saturated heterocycles. The van der Waals surface area contributed by atoms with Crippen molar-refractivity contribution in [3.05, 3.63) is 24.3 Å². The summed E-state index contributed by atoms with van der Waals surface area (Å²) in [7, 11) is -0.687. The fraction of sp³-hybridized carbons (Fsp3) is 0.143. The Bertz CT molecular complexity index is 255. The van der Waals surface area contributed by atoms with Crippen LogP contribution in [-0.2, 0) is 9.09 Å². The molecule has 0 spiro atoms. The molecule has 1 aromatic rings. The van der Waals surface area contributed by atoms with E-state index in [1.807, 2.05) is 0 Å². The van der Waals surface area contributed by atoms with E-state index in [1.165, 1.54) is 19.2 Å². The molecule has 0 bridgehead atoms. The minimum atomic E-state index is -2.08. The van der Waals surface area contributed by atoms with Gasteiger partial charge in [-0.1, -0.05) is 0 Å². The molecule has 0 aromatic heterocycles. The third-order valence-electron chi connectivity index (χ3n) is 1.29. The van der Waals surface area contributed by atoms with E-state index in [1.54, 1.807) is 12.1 Å². The lowest BCUT2D eigenvalue weighted by Crippen LogP contribution is -1.94. The Morgan fingerprint density at radius 1 is 1.36 bits per heavy atom. The van der Waals surface area contributed by atoms with E-state index in [9.17, 15) is 4.57 Å². The number of phenolic OH excluding ortho intramolecular Hbond substituents is 1. The van der Waals surface area contributed by atoms with Gasteiger partial charge in [-0.3, -0.25) is 4.57 Å². The summed E-state index contributed by atoms with van der Waals surface area (Å²) >= 11 is 0. The van der Waals surface area contributed by atoms with E-state index in [0.29, 0.717) is 5.30 Å². The van der Waals surface area contributed by atoms with Crippen LogP contribution in [-0.4, -0.2) is 12.2 Å². The summed E-state index contributed by atoms with van der Waals surface area (Å²) in [6, 6.07) is 6.13. The molecule has 0 heterocycles. The van der Waals surface area contributed by atoms with Crippen LogP contribution in [0.1, 0.15) is 0 Å².